The maximum absolute atomic E-state index is 13.2. The number of amides is 2. The summed E-state index contributed by atoms with van der Waals surface area (Å²) in [6.07, 6.45) is 9.80. The number of carbonyl (C=O) groups excluding carboxylic acids is 2. The van der Waals surface area contributed by atoms with E-state index >= 15 is 0 Å². The van der Waals surface area contributed by atoms with Crippen LogP contribution in [0.2, 0.25) is 0 Å². The van der Waals surface area contributed by atoms with E-state index in [1.54, 1.807) is 17.8 Å². The molecule has 1 aromatic carbocycles. The zero-order valence-corrected chi connectivity index (χ0v) is 22.8. The van der Waals surface area contributed by atoms with Crippen LogP contribution < -0.4 is 5.32 Å². The molecule has 35 heavy (non-hydrogen) atoms. The van der Waals surface area contributed by atoms with Crippen molar-refractivity contribution in [3.63, 3.8) is 0 Å². The number of allylic oxidation sites excluding steroid dienone is 2. The zero-order valence-electron chi connectivity index (χ0n) is 22.0. The van der Waals surface area contributed by atoms with Crippen LogP contribution in [0.1, 0.15) is 77.8 Å². The number of amidine groups is 1. The van der Waals surface area contributed by atoms with Crippen LogP contribution in [0.25, 0.3) is 11.0 Å². The summed E-state index contributed by atoms with van der Waals surface area (Å²) >= 11 is 1.69. The first-order chi connectivity index (χ1) is 16.9. The van der Waals surface area contributed by atoms with Crippen molar-refractivity contribution in [1.82, 2.24) is 10.2 Å². The molecule has 0 aromatic heterocycles. The molecule has 0 radical (unpaired) electrons. The smallest absolute Gasteiger partial charge is 0.228 e. The molecule has 1 heterocycles. The summed E-state index contributed by atoms with van der Waals surface area (Å²) in [5.41, 5.74) is 2.82. The molecule has 1 aromatic rings. The Labute approximate surface area is 215 Å². The Balaban J connectivity index is 2.28. The SMILES string of the molecule is C=Cc1ccc(/C(=C/C)S/C=C/CC)cc1N=C(NC(=O)C1CCN(C(=O)CC)CC1)C(C)CC. The number of nitrogens with zero attached hydrogens (tertiary/aromatic N) is 2. The number of aliphatic imine (C=N–C) groups is 1. The van der Waals surface area contributed by atoms with Crippen molar-refractivity contribution in [3.05, 3.63) is 53.5 Å². The molecule has 1 atom stereocenters. The van der Waals surface area contributed by atoms with Gasteiger partial charge in [0.2, 0.25) is 11.8 Å². The predicted molar refractivity (Wildman–Crippen MR) is 151 cm³/mol. The number of rotatable bonds is 10. The minimum Gasteiger partial charge on any atom is -0.343 e. The zero-order chi connectivity index (χ0) is 25.8. The van der Waals surface area contributed by atoms with E-state index in [9.17, 15) is 9.59 Å². The number of benzene rings is 1. The first kappa shape index (κ1) is 28.6. The maximum atomic E-state index is 13.2. The number of likely N-dealkylation sites (tertiary alicyclic amines) is 1. The summed E-state index contributed by atoms with van der Waals surface area (Å²) in [4.78, 5) is 33.1. The largest absolute Gasteiger partial charge is 0.343 e. The van der Waals surface area contributed by atoms with Crippen molar-refractivity contribution in [2.75, 3.05) is 13.1 Å². The molecular formula is C29H41N3O2S. The van der Waals surface area contributed by atoms with Crippen LogP contribution in [0, 0.1) is 11.8 Å². The van der Waals surface area contributed by atoms with Gasteiger partial charge in [-0.15, -0.1) is 0 Å². The summed E-state index contributed by atoms with van der Waals surface area (Å²) in [7, 11) is 0. The predicted octanol–water partition coefficient (Wildman–Crippen LogP) is 7.19. The number of hydrogen-bond donors (Lipinski definition) is 1. The molecule has 0 aliphatic carbocycles. The number of carbonyl (C=O) groups is 2. The molecule has 1 unspecified atom stereocenters. The molecular weight excluding hydrogens is 454 g/mol. The van der Waals surface area contributed by atoms with Gasteiger partial charge in [-0.25, -0.2) is 4.99 Å². The fraction of sp³-hybridized carbons (Fsp3) is 0.483. The van der Waals surface area contributed by atoms with E-state index in [4.69, 9.17) is 4.99 Å². The molecule has 2 rings (SSSR count). The van der Waals surface area contributed by atoms with Crippen LogP contribution in [-0.2, 0) is 9.59 Å². The molecule has 2 amide bonds. The lowest BCUT2D eigenvalue weighted by atomic mass is 9.95. The lowest BCUT2D eigenvalue weighted by Crippen LogP contribution is -2.45. The van der Waals surface area contributed by atoms with Crippen molar-refractivity contribution in [1.29, 1.82) is 0 Å². The second kappa shape index (κ2) is 14.7. The van der Waals surface area contributed by atoms with Gasteiger partial charge >= 0.3 is 0 Å². The van der Waals surface area contributed by atoms with E-state index in [1.165, 1.54) is 0 Å². The second-order valence-electron chi connectivity index (χ2n) is 8.83. The van der Waals surface area contributed by atoms with Crippen LogP contribution in [0.5, 0.6) is 0 Å². The summed E-state index contributed by atoms with van der Waals surface area (Å²) < 4.78 is 0. The molecule has 0 saturated carbocycles. The summed E-state index contributed by atoms with van der Waals surface area (Å²) in [5, 5.41) is 5.26. The molecule has 1 aliphatic heterocycles. The monoisotopic (exact) mass is 495 g/mol. The van der Waals surface area contributed by atoms with E-state index in [2.05, 4.69) is 62.4 Å². The highest BCUT2D eigenvalue weighted by Gasteiger charge is 2.28. The molecule has 1 fully saturated rings. The molecule has 1 aliphatic rings. The highest BCUT2D eigenvalue weighted by molar-refractivity contribution is 8.10. The Bertz CT molecular complexity index is 972. The van der Waals surface area contributed by atoms with Gasteiger partial charge in [0.25, 0.3) is 0 Å². The summed E-state index contributed by atoms with van der Waals surface area (Å²) in [6, 6.07) is 6.19. The van der Waals surface area contributed by atoms with E-state index in [1.807, 2.05) is 24.8 Å². The Hall–Kier alpha value is -2.60. The number of piperidine rings is 1. The third-order valence-corrected chi connectivity index (χ3v) is 7.47. The van der Waals surface area contributed by atoms with Crippen molar-refractivity contribution >= 4 is 46.1 Å². The fourth-order valence-corrected chi connectivity index (χ4v) is 4.75. The third kappa shape index (κ3) is 8.24. The molecule has 5 nitrogen and oxygen atoms in total. The van der Waals surface area contributed by atoms with Gasteiger partial charge < -0.3 is 10.2 Å². The average molecular weight is 496 g/mol. The Morgan fingerprint density at radius 3 is 2.54 bits per heavy atom. The lowest BCUT2D eigenvalue weighted by Gasteiger charge is -2.31. The van der Waals surface area contributed by atoms with Gasteiger partial charge in [0, 0.05) is 36.3 Å². The quantitative estimate of drug-likeness (QED) is 0.276. The number of hydrogen-bond acceptors (Lipinski definition) is 4. The van der Waals surface area contributed by atoms with E-state index < -0.39 is 0 Å². The first-order valence-electron chi connectivity index (χ1n) is 12.8. The molecule has 0 bridgehead atoms. The van der Waals surface area contributed by atoms with Crippen molar-refractivity contribution in [3.8, 4) is 0 Å². The van der Waals surface area contributed by atoms with Gasteiger partial charge in [-0.05, 0) is 55.2 Å². The van der Waals surface area contributed by atoms with Gasteiger partial charge in [-0.3, -0.25) is 9.59 Å². The van der Waals surface area contributed by atoms with Crippen LogP contribution in [0.3, 0.4) is 0 Å². The molecule has 0 spiro atoms. The molecule has 1 N–H and O–H groups in total. The highest BCUT2D eigenvalue weighted by Crippen LogP contribution is 2.33. The van der Waals surface area contributed by atoms with Gasteiger partial charge in [0.15, 0.2) is 0 Å². The van der Waals surface area contributed by atoms with Crippen LogP contribution >= 0.6 is 11.8 Å². The van der Waals surface area contributed by atoms with Crippen LogP contribution in [0.15, 0.2) is 47.3 Å². The van der Waals surface area contributed by atoms with Gasteiger partial charge in [0.05, 0.1) is 5.69 Å². The van der Waals surface area contributed by atoms with Gasteiger partial charge in [0.1, 0.15) is 5.84 Å². The van der Waals surface area contributed by atoms with Crippen LogP contribution in [0.4, 0.5) is 5.69 Å². The molecule has 1 saturated heterocycles. The summed E-state index contributed by atoms with van der Waals surface area (Å²) in [5.74, 6) is 0.840. The molecule has 190 valence electrons. The number of nitrogens with one attached hydrogen (secondary N) is 1. The fourth-order valence-electron chi connectivity index (χ4n) is 3.91. The van der Waals surface area contributed by atoms with Crippen molar-refractivity contribution < 1.29 is 9.59 Å². The lowest BCUT2D eigenvalue weighted by molar-refractivity contribution is -0.135. The minimum absolute atomic E-state index is 0.00152. The molecule has 6 heteroatoms. The van der Waals surface area contributed by atoms with Crippen LogP contribution in [-0.4, -0.2) is 35.6 Å². The number of thioether (sulfide) groups is 1. The maximum Gasteiger partial charge on any atom is 0.228 e. The Morgan fingerprint density at radius 2 is 1.97 bits per heavy atom. The normalized spacial score (nSPS) is 16.4. The van der Waals surface area contributed by atoms with Gasteiger partial charge in [-0.1, -0.05) is 76.4 Å². The summed E-state index contributed by atoms with van der Waals surface area (Å²) in [6.45, 7) is 15.5. The van der Waals surface area contributed by atoms with Crippen molar-refractivity contribution in [2.45, 2.75) is 66.7 Å². The van der Waals surface area contributed by atoms with Gasteiger partial charge in [-0.2, -0.15) is 0 Å². The Kier molecular flexibility index (Phi) is 12.0. The van der Waals surface area contributed by atoms with E-state index in [-0.39, 0.29) is 23.7 Å². The third-order valence-electron chi connectivity index (χ3n) is 6.42. The van der Waals surface area contributed by atoms with E-state index in [0.29, 0.717) is 38.2 Å². The minimum atomic E-state index is -0.105. The van der Waals surface area contributed by atoms with Crippen molar-refractivity contribution in [2.24, 2.45) is 16.8 Å². The average Bonchev–Trinajstić information content (AvgIpc) is 2.89. The Morgan fingerprint density at radius 1 is 1.26 bits per heavy atom. The second-order valence-corrected chi connectivity index (χ2v) is 9.78. The highest BCUT2D eigenvalue weighted by atomic mass is 32.2. The van der Waals surface area contributed by atoms with E-state index in [0.717, 1.165) is 34.6 Å². The first-order valence-corrected chi connectivity index (χ1v) is 13.7. The topological polar surface area (TPSA) is 61.8 Å². The standard InChI is InChI=1S/C29H41N3O2S/c1-7-12-19-35-26(10-4)24-14-13-22(9-3)25(20-24)30-28(21(6)8-2)31-29(34)23-15-17-32(18-16-23)27(33)11-5/h9-10,12-14,19-21,23H,3,7-8,11,15-18H2,1-2,4-6H3,(H,30,31,34)/b19-12+,26-10-.